The zero-order valence-corrected chi connectivity index (χ0v) is 25.7. The molecule has 0 spiro atoms. The lowest BCUT2D eigenvalue weighted by Gasteiger charge is -2.61. The first-order valence-corrected chi connectivity index (χ1v) is 17.4. The first kappa shape index (κ1) is 28.9. The first-order valence-electron chi connectivity index (χ1n) is 17.4. The van der Waals surface area contributed by atoms with E-state index in [9.17, 15) is 9.59 Å². The number of nitrogens with one attached hydrogen (secondary N) is 1. The molecule has 0 aromatic heterocycles. The number of alkyl halides is 1. The quantitative estimate of drug-likeness (QED) is 0.495. The zero-order valence-electron chi connectivity index (χ0n) is 25.7. The van der Waals surface area contributed by atoms with E-state index in [1.807, 2.05) is 41.4 Å². The molecule has 10 unspecified atom stereocenters. The Bertz CT molecular complexity index is 1280. The number of nitrogens with zero attached hydrogens (tertiary/aromatic N) is 3. The smallest absolute Gasteiger partial charge is 0.259 e. The summed E-state index contributed by atoms with van der Waals surface area (Å²) >= 11 is 0. The van der Waals surface area contributed by atoms with Crippen LogP contribution in [0.1, 0.15) is 64.2 Å². The van der Waals surface area contributed by atoms with Gasteiger partial charge in [-0.25, -0.2) is 4.39 Å². The maximum atomic E-state index is 16.3. The Kier molecular flexibility index (Phi) is 7.70. The van der Waals surface area contributed by atoms with Gasteiger partial charge < -0.3 is 25.6 Å². The summed E-state index contributed by atoms with van der Waals surface area (Å²) in [5, 5.41) is 3.48. The number of carbonyl (C=O) groups excluding carboxylic acids is 2. The van der Waals surface area contributed by atoms with E-state index in [2.05, 4.69) is 15.1 Å². The van der Waals surface area contributed by atoms with Crippen molar-refractivity contribution in [1.29, 1.82) is 0 Å². The van der Waals surface area contributed by atoms with Crippen LogP contribution in [-0.4, -0.2) is 101 Å². The third-order valence-electron chi connectivity index (χ3n) is 12.3. The number of amides is 1. The first-order chi connectivity index (χ1) is 21.5. The largest absolute Gasteiger partial charge is 0.383 e. The molecule has 3 saturated heterocycles. The van der Waals surface area contributed by atoms with Gasteiger partial charge in [-0.15, -0.1) is 0 Å². The van der Waals surface area contributed by atoms with E-state index >= 15 is 4.39 Å². The Labute approximate surface area is 260 Å². The summed E-state index contributed by atoms with van der Waals surface area (Å²) in [6.07, 6.45) is 10.2. The highest BCUT2D eigenvalue weighted by Crippen LogP contribution is 2.51. The van der Waals surface area contributed by atoms with Crippen LogP contribution >= 0.6 is 0 Å². The lowest BCUT2D eigenvalue weighted by atomic mass is 9.64. The fourth-order valence-electron chi connectivity index (χ4n) is 10.2. The van der Waals surface area contributed by atoms with E-state index < -0.39 is 24.2 Å². The number of anilines is 1. The summed E-state index contributed by atoms with van der Waals surface area (Å²) in [5.41, 5.74) is 7.58. The number of ether oxygens (including phenoxy) is 1. The summed E-state index contributed by atoms with van der Waals surface area (Å²) in [6.45, 7) is 2.72. The van der Waals surface area contributed by atoms with Gasteiger partial charge in [-0.3, -0.25) is 14.5 Å². The van der Waals surface area contributed by atoms with Gasteiger partial charge in [0, 0.05) is 56.1 Å². The van der Waals surface area contributed by atoms with E-state index in [0.717, 1.165) is 44.3 Å². The Morgan fingerprint density at radius 3 is 2.55 bits per heavy atom. The van der Waals surface area contributed by atoms with Crippen molar-refractivity contribution >= 4 is 17.4 Å². The molecule has 9 heteroatoms. The lowest BCUT2D eigenvalue weighted by molar-refractivity contribution is -0.219. The van der Waals surface area contributed by atoms with Gasteiger partial charge in [-0.05, 0) is 62.5 Å². The van der Waals surface area contributed by atoms with Gasteiger partial charge in [0.05, 0.1) is 35.9 Å². The van der Waals surface area contributed by atoms with Gasteiger partial charge in [0.2, 0.25) is 0 Å². The molecule has 1 aromatic rings. The number of carbonyl (C=O) groups is 2. The van der Waals surface area contributed by atoms with E-state index in [1.165, 1.54) is 25.7 Å². The molecule has 11 atom stereocenters. The Morgan fingerprint density at radius 2 is 1.77 bits per heavy atom. The molecule has 0 radical (unpaired) electrons. The van der Waals surface area contributed by atoms with Crippen LogP contribution < -0.4 is 11.1 Å². The number of para-hydroxylation sites is 1. The number of Topliss-reactive ketones (excluding diaryl/α,β-unsaturated/α-hetero) is 1. The fraction of sp³-hybridized carbons (Fsp3) is 0.714. The van der Waals surface area contributed by atoms with Crippen LogP contribution in [0, 0.1) is 17.8 Å². The second-order valence-electron chi connectivity index (χ2n) is 14.8. The summed E-state index contributed by atoms with van der Waals surface area (Å²) < 4.78 is 23.3. The maximum Gasteiger partial charge on any atom is 0.259 e. The minimum Gasteiger partial charge on any atom is -0.383 e. The van der Waals surface area contributed by atoms with Crippen LogP contribution in [-0.2, 0) is 14.3 Å². The Hall–Kier alpha value is -2.49. The van der Waals surface area contributed by atoms with Crippen molar-refractivity contribution in [2.24, 2.45) is 23.5 Å². The number of hydrogen-bond donors (Lipinski definition) is 2. The molecule has 8 rings (SSSR count). The number of hydrogen-bond acceptors (Lipinski definition) is 7. The molecule has 238 valence electrons. The summed E-state index contributed by atoms with van der Waals surface area (Å²) in [5.74, 6) is 0.376. The molecule has 3 saturated carbocycles. The number of rotatable bonds is 5. The molecule has 1 amide bonds. The highest BCUT2D eigenvalue weighted by atomic mass is 19.1. The van der Waals surface area contributed by atoms with Crippen LogP contribution in [0.5, 0.6) is 0 Å². The van der Waals surface area contributed by atoms with E-state index in [1.54, 1.807) is 0 Å². The summed E-state index contributed by atoms with van der Waals surface area (Å²) in [6, 6.07) is 9.59. The third kappa shape index (κ3) is 4.98. The average molecular weight is 606 g/mol. The summed E-state index contributed by atoms with van der Waals surface area (Å²) in [7, 11) is 0. The van der Waals surface area contributed by atoms with Crippen LogP contribution in [0.25, 0.3) is 0 Å². The van der Waals surface area contributed by atoms with Gasteiger partial charge in [0.15, 0.2) is 5.78 Å². The van der Waals surface area contributed by atoms with Crippen LogP contribution in [0.2, 0.25) is 0 Å². The third-order valence-corrected chi connectivity index (χ3v) is 12.3. The number of benzene rings is 1. The van der Waals surface area contributed by atoms with Crippen molar-refractivity contribution in [3.8, 4) is 0 Å². The minimum atomic E-state index is -1.19. The fourth-order valence-corrected chi connectivity index (χ4v) is 10.2. The van der Waals surface area contributed by atoms with Crippen molar-refractivity contribution in [2.75, 3.05) is 31.5 Å². The standard InChI is InChI=1S/C35H48FN5O3/c36-28-17-26-31-34(32(28)39-14-12-23(37)19-39)44-30-16-22-8-5-4-7-21(22)15-29(30)41(31)20-27(33(26)42)35(43)40-13-6-11-25(40)18-38-24-9-2-1-3-10-24/h1-3,9-10,20-23,25-26,28-32,34,38H,4-8,11-19,37H2/t21?,22?,23?,25-,26?,28?,29?,30?,31?,32?,34?/m0/s1. The Morgan fingerprint density at radius 1 is 0.977 bits per heavy atom. The number of likely N-dealkylation sites (tertiary alicyclic amines) is 2. The monoisotopic (exact) mass is 605 g/mol. The molecule has 3 N–H and O–H groups in total. The number of morpholine rings is 1. The predicted octanol–water partition coefficient (Wildman–Crippen LogP) is 3.72. The van der Waals surface area contributed by atoms with Crippen molar-refractivity contribution in [1.82, 2.24) is 14.7 Å². The zero-order chi connectivity index (χ0) is 29.9. The van der Waals surface area contributed by atoms with Crippen molar-refractivity contribution in [2.45, 2.75) is 113 Å². The molecule has 0 bridgehead atoms. The van der Waals surface area contributed by atoms with Crippen molar-refractivity contribution in [3.05, 3.63) is 42.1 Å². The molecule has 6 fully saturated rings. The second-order valence-corrected chi connectivity index (χ2v) is 14.8. The van der Waals surface area contributed by atoms with E-state index in [4.69, 9.17) is 10.5 Å². The molecule has 1 aromatic carbocycles. The SMILES string of the molecule is NC1CCN(C2C(F)CC3C(=O)C(C(=O)N4CCC[C@H]4CNc4ccccc4)=CN4C5CC6CCCCC6CC5OC2C34)C1. The molecule has 4 aliphatic heterocycles. The van der Waals surface area contributed by atoms with Gasteiger partial charge in [0.25, 0.3) is 5.91 Å². The Balaban J connectivity index is 1.11. The molecule has 44 heavy (non-hydrogen) atoms. The molecule has 7 aliphatic rings. The average Bonchev–Trinajstić information content (AvgIpc) is 3.69. The minimum absolute atomic E-state index is 0.00395. The molecular weight excluding hydrogens is 557 g/mol. The number of ketones is 1. The second kappa shape index (κ2) is 11.7. The van der Waals surface area contributed by atoms with Gasteiger partial charge in [-0.1, -0.05) is 43.9 Å². The topological polar surface area (TPSA) is 91.1 Å². The molecule has 4 heterocycles. The van der Waals surface area contributed by atoms with Crippen LogP contribution in [0.15, 0.2) is 42.1 Å². The van der Waals surface area contributed by atoms with Crippen molar-refractivity contribution in [3.63, 3.8) is 0 Å². The van der Waals surface area contributed by atoms with Crippen molar-refractivity contribution < 1.29 is 18.7 Å². The number of halogens is 1. The van der Waals surface area contributed by atoms with Gasteiger partial charge in [-0.2, -0.15) is 0 Å². The van der Waals surface area contributed by atoms with E-state index in [-0.39, 0.29) is 54.0 Å². The maximum absolute atomic E-state index is 16.3. The number of nitrogens with two attached hydrogens (primary N) is 1. The van der Waals surface area contributed by atoms with Crippen LogP contribution in [0.4, 0.5) is 10.1 Å². The molecule has 8 nitrogen and oxygen atoms in total. The highest BCUT2D eigenvalue weighted by molar-refractivity contribution is 6.20. The van der Waals surface area contributed by atoms with Crippen LogP contribution in [0.3, 0.4) is 0 Å². The van der Waals surface area contributed by atoms with E-state index in [0.29, 0.717) is 31.5 Å². The lowest BCUT2D eigenvalue weighted by Crippen LogP contribution is -2.73. The van der Waals surface area contributed by atoms with Gasteiger partial charge in [0.1, 0.15) is 6.17 Å². The molecular formula is C35H48FN5O3. The normalized spacial score (nSPS) is 41.9. The summed E-state index contributed by atoms with van der Waals surface area (Å²) in [4.78, 5) is 35.0. The highest BCUT2D eigenvalue weighted by Gasteiger charge is 2.61. The molecule has 3 aliphatic carbocycles. The number of fused-ring (bicyclic) bond motifs is 3. The van der Waals surface area contributed by atoms with Gasteiger partial charge >= 0.3 is 0 Å². The predicted molar refractivity (Wildman–Crippen MR) is 166 cm³/mol.